The van der Waals surface area contributed by atoms with Crippen molar-refractivity contribution in [3.63, 3.8) is 0 Å². The van der Waals surface area contributed by atoms with Crippen LogP contribution in [-0.2, 0) is 0 Å². The lowest BCUT2D eigenvalue weighted by Crippen LogP contribution is -2.52. The maximum atomic E-state index is 13.1. The first-order chi connectivity index (χ1) is 14.0. The zero-order valence-corrected chi connectivity index (χ0v) is 17.8. The summed E-state index contributed by atoms with van der Waals surface area (Å²) in [6.45, 7) is 9.80. The highest BCUT2D eigenvalue weighted by molar-refractivity contribution is 5.75. The number of rotatable bonds is 7. The quantitative estimate of drug-likeness (QED) is 0.724. The molecule has 7 nitrogen and oxygen atoms in total. The fourth-order valence-electron chi connectivity index (χ4n) is 4.79. The predicted octanol–water partition coefficient (Wildman–Crippen LogP) is 1.88. The maximum absolute atomic E-state index is 13.1. The standard InChI is InChI=1S/C22H35N3O4/c1-4-29-20-7-5-19(6-8-20)25-14-18-13-24(15-21(25)17(3)16(18)2)22(28)23(9-11-26)10-12-27/h5-8,16-18,21,26-27H,4,9-15H2,1-3H3/t16-,17?,18?,21-/m1/s1. The van der Waals surface area contributed by atoms with E-state index < -0.39 is 0 Å². The summed E-state index contributed by atoms with van der Waals surface area (Å²) in [6, 6.07) is 8.39. The summed E-state index contributed by atoms with van der Waals surface area (Å²) in [4.78, 5) is 19.0. The second-order valence-electron chi connectivity index (χ2n) is 8.25. The van der Waals surface area contributed by atoms with Crippen molar-refractivity contribution in [2.24, 2.45) is 17.8 Å². The molecule has 0 spiro atoms. The molecule has 0 aromatic heterocycles. The van der Waals surface area contributed by atoms with Gasteiger partial charge in [0, 0.05) is 44.5 Å². The Morgan fingerprint density at radius 2 is 1.72 bits per heavy atom. The number of piperidine rings is 1. The number of ether oxygens (including phenoxy) is 1. The topological polar surface area (TPSA) is 76.5 Å². The number of fused-ring (bicyclic) bond motifs is 4. The van der Waals surface area contributed by atoms with Gasteiger partial charge in [0.15, 0.2) is 0 Å². The number of hydrogen-bond acceptors (Lipinski definition) is 5. The molecule has 3 aliphatic rings. The van der Waals surface area contributed by atoms with Gasteiger partial charge in [-0.25, -0.2) is 4.79 Å². The van der Waals surface area contributed by atoms with E-state index in [-0.39, 0.29) is 38.4 Å². The molecule has 3 aliphatic heterocycles. The number of benzene rings is 1. The van der Waals surface area contributed by atoms with Crippen molar-refractivity contribution in [3.8, 4) is 5.75 Å². The second-order valence-corrected chi connectivity index (χ2v) is 8.25. The van der Waals surface area contributed by atoms with E-state index in [1.54, 1.807) is 4.90 Å². The normalized spacial score (nSPS) is 26.4. The Labute approximate surface area is 173 Å². The van der Waals surface area contributed by atoms with Gasteiger partial charge in [-0.3, -0.25) is 0 Å². The van der Waals surface area contributed by atoms with Crippen molar-refractivity contribution in [3.05, 3.63) is 24.3 Å². The van der Waals surface area contributed by atoms with Gasteiger partial charge < -0.3 is 29.6 Å². The Hall–Kier alpha value is -1.99. The molecule has 4 atom stereocenters. The summed E-state index contributed by atoms with van der Waals surface area (Å²) in [5, 5.41) is 18.6. The van der Waals surface area contributed by atoms with Gasteiger partial charge in [-0.05, 0) is 48.9 Å². The molecule has 29 heavy (non-hydrogen) atoms. The molecular formula is C22H35N3O4. The molecule has 1 aromatic carbocycles. The van der Waals surface area contributed by atoms with Gasteiger partial charge in [0.1, 0.15) is 5.75 Å². The number of nitrogens with zero attached hydrogens (tertiary/aromatic N) is 3. The average molecular weight is 406 g/mol. The molecule has 2 amide bonds. The van der Waals surface area contributed by atoms with Crippen LogP contribution in [-0.4, -0.2) is 84.6 Å². The highest BCUT2D eigenvalue weighted by atomic mass is 16.5. The molecule has 3 heterocycles. The van der Waals surface area contributed by atoms with Crippen LogP contribution in [0.2, 0.25) is 0 Å². The SMILES string of the molecule is CCOc1ccc(N2CC3CN(C(=O)N(CCO)CCO)C[C@@H]2C(C)[C@H]3C)cc1. The molecule has 0 saturated carbocycles. The summed E-state index contributed by atoms with van der Waals surface area (Å²) >= 11 is 0. The van der Waals surface area contributed by atoms with Crippen LogP contribution in [0.25, 0.3) is 0 Å². The Morgan fingerprint density at radius 1 is 1.07 bits per heavy atom. The largest absolute Gasteiger partial charge is 0.494 e. The van der Waals surface area contributed by atoms with Crippen molar-refractivity contribution in [2.75, 3.05) is 57.4 Å². The molecule has 2 bridgehead atoms. The lowest BCUT2D eigenvalue weighted by atomic mass is 9.76. The van der Waals surface area contributed by atoms with Gasteiger partial charge in [-0.2, -0.15) is 0 Å². The summed E-state index contributed by atoms with van der Waals surface area (Å²) in [7, 11) is 0. The zero-order valence-electron chi connectivity index (χ0n) is 17.8. The van der Waals surface area contributed by atoms with E-state index in [0.717, 1.165) is 12.3 Å². The van der Waals surface area contributed by atoms with Gasteiger partial charge in [0.05, 0.1) is 19.8 Å². The van der Waals surface area contributed by atoms with E-state index in [4.69, 9.17) is 4.74 Å². The zero-order chi connectivity index (χ0) is 21.0. The molecule has 162 valence electrons. The highest BCUT2D eigenvalue weighted by Crippen LogP contribution is 2.40. The number of aliphatic hydroxyl groups excluding tert-OH is 2. The third-order valence-corrected chi connectivity index (χ3v) is 6.63. The molecular weight excluding hydrogens is 370 g/mol. The van der Waals surface area contributed by atoms with Crippen LogP contribution in [0.15, 0.2) is 24.3 Å². The molecule has 3 fully saturated rings. The summed E-state index contributed by atoms with van der Waals surface area (Å²) in [6.07, 6.45) is 0. The van der Waals surface area contributed by atoms with Gasteiger partial charge in [-0.15, -0.1) is 0 Å². The summed E-state index contributed by atoms with van der Waals surface area (Å²) in [5.74, 6) is 2.24. The van der Waals surface area contributed by atoms with E-state index in [9.17, 15) is 15.0 Å². The average Bonchev–Trinajstić information content (AvgIpc) is 2.99. The number of amides is 2. The first-order valence-electron chi connectivity index (χ1n) is 10.7. The first-order valence-corrected chi connectivity index (χ1v) is 10.7. The highest BCUT2D eigenvalue weighted by Gasteiger charge is 2.45. The second kappa shape index (κ2) is 9.67. The van der Waals surface area contributed by atoms with Crippen molar-refractivity contribution < 1.29 is 19.7 Å². The predicted molar refractivity (Wildman–Crippen MR) is 113 cm³/mol. The smallest absolute Gasteiger partial charge is 0.320 e. The molecule has 0 aliphatic carbocycles. The van der Waals surface area contributed by atoms with E-state index in [2.05, 4.69) is 30.9 Å². The summed E-state index contributed by atoms with van der Waals surface area (Å²) < 4.78 is 5.58. The number of hydrogen-bond donors (Lipinski definition) is 2. The van der Waals surface area contributed by atoms with Gasteiger partial charge >= 0.3 is 6.03 Å². The Balaban J connectivity index is 1.82. The van der Waals surface area contributed by atoms with Crippen molar-refractivity contribution in [2.45, 2.75) is 26.8 Å². The minimum absolute atomic E-state index is 0.0852. The minimum atomic E-state index is -0.0997. The Bertz CT molecular complexity index is 663. The van der Waals surface area contributed by atoms with Gasteiger partial charge in [0.2, 0.25) is 0 Å². The number of aliphatic hydroxyl groups is 2. The third-order valence-electron chi connectivity index (χ3n) is 6.63. The Morgan fingerprint density at radius 3 is 2.31 bits per heavy atom. The van der Waals surface area contributed by atoms with E-state index in [0.29, 0.717) is 37.5 Å². The van der Waals surface area contributed by atoms with E-state index >= 15 is 0 Å². The van der Waals surface area contributed by atoms with Crippen LogP contribution in [0.1, 0.15) is 20.8 Å². The molecule has 2 unspecified atom stereocenters. The fraction of sp³-hybridized carbons (Fsp3) is 0.682. The molecule has 7 heteroatoms. The number of carbonyl (C=O) groups is 1. The van der Waals surface area contributed by atoms with Crippen molar-refractivity contribution >= 4 is 11.7 Å². The monoisotopic (exact) mass is 405 g/mol. The van der Waals surface area contributed by atoms with Crippen LogP contribution in [0, 0.1) is 17.8 Å². The fourth-order valence-corrected chi connectivity index (χ4v) is 4.79. The van der Waals surface area contributed by atoms with Gasteiger partial charge in [0.25, 0.3) is 0 Å². The molecule has 1 aromatic rings. The first kappa shape index (κ1) is 21.7. The van der Waals surface area contributed by atoms with Crippen LogP contribution in [0.3, 0.4) is 0 Å². The van der Waals surface area contributed by atoms with Crippen LogP contribution in [0.5, 0.6) is 5.75 Å². The molecule has 3 saturated heterocycles. The maximum Gasteiger partial charge on any atom is 0.320 e. The van der Waals surface area contributed by atoms with Gasteiger partial charge in [-0.1, -0.05) is 13.8 Å². The lowest BCUT2D eigenvalue weighted by Gasteiger charge is -2.45. The number of carbonyl (C=O) groups excluding carboxylic acids is 1. The van der Waals surface area contributed by atoms with Crippen molar-refractivity contribution in [1.29, 1.82) is 0 Å². The molecule has 4 rings (SSSR count). The molecule has 0 radical (unpaired) electrons. The van der Waals surface area contributed by atoms with E-state index in [1.165, 1.54) is 5.69 Å². The Kier molecular flexibility index (Phi) is 7.24. The number of urea groups is 1. The minimum Gasteiger partial charge on any atom is -0.494 e. The van der Waals surface area contributed by atoms with E-state index in [1.807, 2.05) is 24.0 Å². The lowest BCUT2D eigenvalue weighted by molar-refractivity contribution is 0.124. The number of anilines is 1. The third kappa shape index (κ3) is 4.61. The van der Waals surface area contributed by atoms with Crippen molar-refractivity contribution in [1.82, 2.24) is 9.80 Å². The van der Waals surface area contributed by atoms with Crippen LogP contribution < -0.4 is 9.64 Å². The summed E-state index contributed by atoms with van der Waals surface area (Å²) in [5.41, 5.74) is 1.17. The van der Waals surface area contributed by atoms with Crippen LogP contribution >= 0.6 is 0 Å². The van der Waals surface area contributed by atoms with Crippen LogP contribution in [0.4, 0.5) is 10.5 Å². The molecule has 2 N–H and O–H groups in total.